The third-order valence-corrected chi connectivity index (χ3v) is 6.09. The summed E-state index contributed by atoms with van der Waals surface area (Å²) >= 11 is 6.14. The molecule has 0 spiro atoms. The van der Waals surface area contributed by atoms with E-state index in [1.807, 2.05) is 18.2 Å². The van der Waals surface area contributed by atoms with Gasteiger partial charge in [-0.1, -0.05) is 48.0 Å². The van der Waals surface area contributed by atoms with Crippen LogP contribution in [0.4, 0.5) is 0 Å². The molecule has 1 fully saturated rings. The van der Waals surface area contributed by atoms with Gasteiger partial charge < -0.3 is 15.0 Å². The fraction of sp³-hybridized carbons (Fsp3) is 0.480. The fourth-order valence-corrected chi connectivity index (χ4v) is 4.19. The van der Waals surface area contributed by atoms with Crippen LogP contribution in [0.1, 0.15) is 30.4 Å². The Morgan fingerprint density at radius 1 is 1.00 bits per heavy atom. The lowest BCUT2D eigenvalue weighted by atomic mass is 10.1. The van der Waals surface area contributed by atoms with Crippen LogP contribution in [0.15, 0.2) is 48.5 Å². The van der Waals surface area contributed by atoms with Gasteiger partial charge in [-0.15, -0.1) is 0 Å². The first kappa shape index (κ1) is 23.6. The number of methoxy groups -OCH3 is 1. The Labute approximate surface area is 191 Å². The summed E-state index contributed by atoms with van der Waals surface area (Å²) in [6.45, 7) is 7.41. The average Bonchev–Trinajstić information content (AvgIpc) is 2.79. The maximum atomic E-state index is 12.1. The van der Waals surface area contributed by atoms with Crippen LogP contribution in [-0.4, -0.2) is 62.1 Å². The lowest BCUT2D eigenvalue weighted by molar-refractivity contribution is -0.121. The van der Waals surface area contributed by atoms with Crippen LogP contribution in [0.5, 0.6) is 5.75 Å². The molecule has 0 radical (unpaired) electrons. The van der Waals surface area contributed by atoms with Crippen molar-refractivity contribution in [1.29, 1.82) is 0 Å². The van der Waals surface area contributed by atoms with Gasteiger partial charge in [-0.2, -0.15) is 0 Å². The molecule has 0 aromatic heterocycles. The van der Waals surface area contributed by atoms with E-state index in [1.54, 1.807) is 7.11 Å². The molecule has 0 unspecified atom stereocenters. The van der Waals surface area contributed by atoms with E-state index in [0.717, 1.165) is 64.2 Å². The number of hydrogen-bond acceptors (Lipinski definition) is 4. The smallest absolute Gasteiger partial charge is 0.220 e. The van der Waals surface area contributed by atoms with Crippen LogP contribution in [0.2, 0.25) is 5.02 Å². The first-order valence-electron chi connectivity index (χ1n) is 11.2. The zero-order chi connectivity index (χ0) is 21.9. The Hall–Kier alpha value is -2.08. The van der Waals surface area contributed by atoms with Gasteiger partial charge in [-0.3, -0.25) is 9.69 Å². The molecular weight excluding hydrogens is 410 g/mol. The van der Waals surface area contributed by atoms with E-state index in [4.69, 9.17) is 16.3 Å². The molecular formula is C25H34ClN3O2. The van der Waals surface area contributed by atoms with E-state index >= 15 is 0 Å². The highest BCUT2D eigenvalue weighted by Gasteiger charge is 2.16. The lowest BCUT2D eigenvalue weighted by Gasteiger charge is -2.34. The van der Waals surface area contributed by atoms with Gasteiger partial charge in [0.1, 0.15) is 5.75 Å². The first-order valence-corrected chi connectivity index (χ1v) is 11.6. The third-order valence-electron chi connectivity index (χ3n) is 5.79. The minimum atomic E-state index is 0.0986. The Balaban J connectivity index is 1.22. The number of halogens is 1. The Kier molecular flexibility index (Phi) is 9.66. The van der Waals surface area contributed by atoms with Gasteiger partial charge in [0.25, 0.3) is 0 Å². The van der Waals surface area contributed by atoms with Crippen LogP contribution in [0, 0.1) is 0 Å². The van der Waals surface area contributed by atoms with Gasteiger partial charge in [0.05, 0.1) is 12.1 Å². The lowest BCUT2D eigenvalue weighted by Crippen LogP contribution is -2.46. The summed E-state index contributed by atoms with van der Waals surface area (Å²) in [5.41, 5.74) is 2.44. The number of aryl methyl sites for hydroxylation is 1. The van der Waals surface area contributed by atoms with Gasteiger partial charge in [-0.05, 0) is 49.1 Å². The standard InChI is InChI=1S/C25H34ClN3O2/c1-31-24-11-9-21(19-23(24)26)10-12-25(30)27-13-5-6-14-28-15-17-29(18-16-28)20-22-7-3-2-4-8-22/h2-4,7-9,11,19H,5-6,10,12-18,20H2,1H3,(H,27,30). The molecule has 0 bridgehead atoms. The molecule has 168 valence electrons. The molecule has 0 atom stereocenters. The number of ether oxygens (including phenoxy) is 1. The SMILES string of the molecule is COc1ccc(CCC(=O)NCCCCN2CCN(Cc3ccccc3)CC2)cc1Cl. The van der Waals surface area contributed by atoms with Crippen LogP contribution >= 0.6 is 11.6 Å². The van der Waals surface area contributed by atoms with E-state index in [9.17, 15) is 4.79 Å². The van der Waals surface area contributed by atoms with Crippen LogP contribution in [-0.2, 0) is 17.8 Å². The minimum Gasteiger partial charge on any atom is -0.495 e. The quantitative estimate of drug-likeness (QED) is 0.533. The number of benzene rings is 2. The molecule has 1 aliphatic rings. The van der Waals surface area contributed by atoms with E-state index in [0.29, 0.717) is 23.6 Å². The summed E-state index contributed by atoms with van der Waals surface area (Å²) in [6, 6.07) is 16.4. The van der Waals surface area contributed by atoms with E-state index in [1.165, 1.54) is 5.56 Å². The van der Waals surface area contributed by atoms with Crippen molar-refractivity contribution in [3.8, 4) is 5.75 Å². The van der Waals surface area contributed by atoms with Crippen LogP contribution in [0.3, 0.4) is 0 Å². The second kappa shape index (κ2) is 12.7. The number of rotatable bonds is 11. The van der Waals surface area contributed by atoms with Crippen molar-refractivity contribution in [3.63, 3.8) is 0 Å². The molecule has 1 N–H and O–H groups in total. The number of piperazine rings is 1. The molecule has 31 heavy (non-hydrogen) atoms. The normalized spacial score (nSPS) is 15.0. The highest BCUT2D eigenvalue weighted by Crippen LogP contribution is 2.25. The highest BCUT2D eigenvalue weighted by molar-refractivity contribution is 6.32. The predicted molar refractivity (Wildman–Crippen MR) is 127 cm³/mol. The summed E-state index contributed by atoms with van der Waals surface area (Å²) in [4.78, 5) is 17.2. The molecule has 5 nitrogen and oxygen atoms in total. The van der Waals surface area contributed by atoms with E-state index in [-0.39, 0.29) is 5.91 Å². The van der Waals surface area contributed by atoms with Crippen molar-refractivity contribution in [2.45, 2.75) is 32.2 Å². The van der Waals surface area contributed by atoms with Crippen molar-refractivity contribution in [3.05, 3.63) is 64.7 Å². The Bertz CT molecular complexity index is 808. The first-order chi connectivity index (χ1) is 15.1. The topological polar surface area (TPSA) is 44.8 Å². The van der Waals surface area contributed by atoms with Crippen molar-refractivity contribution in [2.75, 3.05) is 46.4 Å². The summed E-state index contributed by atoms with van der Waals surface area (Å²) < 4.78 is 5.16. The summed E-state index contributed by atoms with van der Waals surface area (Å²) in [6.07, 6.45) is 3.30. The average molecular weight is 444 g/mol. The van der Waals surface area contributed by atoms with Gasteiger partial charge in [-0.25, -0.2) is 0 Å². The van der Waals surface area contributed by atoms with Crippen LogP contribution < -0.4 is 10.1 Å². The number of hydrogen-bond donors (Lipinski definition) is 1. The van der Waals surface area contributed by atoms with Gasteiger partial charge in [0.2, 0.25) is 5.91 Å². The van der Waals surface area contributed by atoms with Gasteiger partial charge >= 0.3 is 0 Å². The maximum Gasteiger partial charge on any atom is 0.220 e. The molecule has 3 rings (SSSR count). The number of nitrogens with one attached hydrogen (secondary N) is 1. The molecule has 2 aromatic rings. The van der Waals surface area contributed by atoms with Crippen molar-refractivity contribution in [2.24, 2.45) is 0 Å². The largest absolute Gasteiger partial charge is 0.495 e. The molecule has 0 aliphatic carbocycles. The fourth-order valence-electron chi connectivity index (χ4n) is 3.91. The minimum absolute atomic E-state index is 0.0986. The Morgan fingerprint density at radius 3 is 2.45 bits per heavy atom. The van der Waals surface area contributed by atoms with E-state index in [2.05, 4.69) is 45.4 Å². The van der Waals surface area contributed by atoms with Crippen molar-refractivity contribution < 1.29 is 9.53 Å². The number of nitrogens with zero attached hydrogens (tertiary/aromatic N) is 2. The molecule has 6 heteroatoms. The Morgan fingerprint density at radius 2 is 1.74 bits per heavy atom. The molecule has 0 saturated carbocycles. The molecule has 1 aliphatic heterocycles. The molecule has 1 amide bonds. The zero-order valence-corrected chi connectivity index (χ0v) is 19.2. The highest BCUT2D eigenvalue weighted by atomic mass is 35.5. The predicted octanol–water partition coefficient (Wildman–Crippen LogP) is 4.00. The number of amides is 1. The number of carbonyl (C=O) groups is 1. The monoisotopic (exact) mass is 443 g/mol. The van der Waals surface area contributed by atoms with Crippen molar-refractivity contribution in [1.82, 2.24) is 15.1 Å². The van der Waals surface area contributed by atoms with Crippen molar-refractivity contribution >= 4 is 17.5 Å². The van der Waals surface area contributed by atoms with Gasteiger partial charge in [0.15, 0.2) is 0 Å². The summed E-state index contributed by atoms with van der Waals surface area (Å²) in [5, 5.41) is 3.62. The van der Waals surface area contributed by atoms with Crippen LogP contribution in [0.25, 0.3) is 0 Å². The summed E-state index contributed by atoms with van der Waals surface area (Å²) in [7, 11) is 1.60. The molecule has 1 heterocycles. The number of unbranched alkanes of at least 4 members (excludes halogenated alkanes) is 1. The second-order valence-corrected chi connectivity index (χ2v) is 8.54. The van der Waals surface area contributed by atoms with E-state index < -0.39 is 0 Å². The third kappa shape index (κ3) is 8.17. The maximum absolute atomic E-state index is 12.1. The molecule has 1 saturated heterocycles. The summed E-state index contributed by atoms with van der Waals surface area (Å²) in [5.74, 6) is 0.758. The van der Waals surface area contributed by atoms with Gasteiger partial charge in [0, 0.05) is 45.7 Å². The zero-order valence-electron chi connectivity index (χ0n) is 18.5. The second-order valence-electron chi connectivity index (χ2n) is 8.13. The number of carbonyl (C=O) groups excluding carboxylic acids is 1. The molecule has 2 aromatic carbocycles.